The van der Waals surface area contributed by atoms with Crippen LogP contribution in [0.4, 0.5) is 10.5 Å². The fraction of sp³-hybridized carbons (Fsp3) is 0.625. The molecule has 0 aromatic carbocycles. The van der Waals surface area contributed by atoms with Gasteiger partial charge in [0.15, 0.2) is 0 Å². The van der Waals surface area contributed by atoms with E-state index in [0.717, 1.165) is 6.42 Å². The number of aromatic nitrogens is 1. The average Bonchev–Trinajstić information content (AvgIpc) is 2.44. The van der Waals surface area contributed by atoms with Crippen LogP contribution in [0.1, 0.15) is 39.8 Å². The summed E-state index contributed by atoms with van der Waals surface area (Å²) < 4.78 is 10.9. The van der Waals surface area contributed by atoms with Crippen LogP contribution in [0.5, 0.6) is 5.88 Å². The zero-order valence-electron chi connectivity index (χ0n) is 14.9. The van der Waals surface area contributed by atoms with Gasteiger partial charge in [0, 0.05) is 18.7 Å². The summed E-state index contributed by atoms with van der Waals surface area (Å²) in [4.78, 5) is 28.0. The second-order valence-corrected chi connectivity index (χ2v) is 6.33. The number of hydrogen-bond acceptors (Lipinski definition) is 6. The Bertz CT molecular complexity index is 584. The van der Waals surface area contributed by atoms with Crippen LogP contribution < -0.4 is 4.74 Å². The number of ether oxygens (including phenoxy) is 2. The molecule has 0 spiro atoms. The largest absolute Gasteiger partial charge is 0.476 e. The molecule has 1 aromatic rings. The summed E-state index contributed by atoms with van der Waals surface area (Å²) >= 11 is 0. The zero-order valence-corrected chi connectivity index (χ0v) is 14.9. The number of carbonyl (C=O) groups is 1. The van der Waals surface area contributed by atoms with Gasteiger partial charge in [0.2, 0.25) is 5.88 Å². The molecule has 1 amide bonds. The van der Waals surface area contributed by atoms with Gasteiger partial charge in [-0.25, -0.2) is 9.78 Å². The summed E-state index contributed by atoms with van der Waals surface area (Å²) in [5, 5.41) is 10.8. The highest BCUT2D eigenvalue weighted by molar-refractivity contribution is 5.68. The molecule has 24 heavy (non-hydrogen) atoms. The van der Waals surface area contributed by atoms with Gasteiger partial charge in [0.1, 0.15) is 17.9 Å². The lowest BCUT2D eigenvalue weighted by molar-refractivity contribution is -0.385. The molecule has 0 saturated heterocycles. The summed E-state index contributed by atoms with van der Waals surface area (Å²) in [7, 11) is 0. The minimum atomic E-state index is -0.555. The highest BCUT2D eigenvalue weighted by atomic mass is 16.6. The van der Waals surface area contributed by atoms with Crippen molar-refractivity contribution in [3.63, 3.8) is 0 Å². The van der Waals surface area contributed by atoms with E-state index in [4.69, 9.17) is 9.47 Å². The number of amides is 1. The Kier molecular flexibility index (Phi) is 6.94. The van der Waals surface area contributed by atoms with E-state index in [1.54, 1.807) is 11.8 Å². The summed E-state index contributed by atoms with van der Waals surface area (Å²) in [5.41, 5.74) is -0.320. The third-order valence-electron chi connectivity index (χ3n) is 2.99. The number of carbonyl (C=O) groups excluding carboxylic acids is 1. The van der Waals surface area contributed by atoms with Crippen LogP contribution in [-0.2, 0) is 4.74 Å². The maximum Gasteiger partial charge on any atom is 0.410 e. The van der Waals surface area contributed by atoms with Crippen LogP contribution in [0, 0.1) is 17.0 Å². The lowest BCUT2D eigenvalue weighted by Crippen LogP contribution is -2.39. The molecular formula is C16H25N3O5. The molecule has 8 heteroatoms. The van der Waals surface area contributed by atoms with Crippen LogP contribution in [0.25, 0.3) is 0 Å². The molecule has 0 aliphatic rings. The molecule has 0 radical (unpaired) electrons. The number of aryl methyl sites for hydroxylation is 1. The molecule has 1 rings (SSSR count). The first kappa shape index (κ1) is 19.7. The van der Waals surface area contributed by atoms with Gasteiger partial charge in [-0.2, -0.15) is 0 Å². The van der Waals surface area contributed by atoms with E-state index >= 15 is 0 Å². The zero-order chi connectivity index (χ0) is 18.3. The van der Waals surface area contributed by atoms with Crippen LogP contribution in [0.15, 0.2) is 12.1 Å². The van der Waals surface area contributed by atoms with Gasteiger partial charge < -0.3 is 14.4 Å². The van der Waals surface area contributed by atoms with Crippen LogP contribution in [0.2, 0.25) is 0 Å². The van der Waals surface area contributed by atoms with Crippen molar-refractivity contribution in [2.45, 2.75) is 46.6 Å². The third kappa shape index (κ3) is 6.39. The number of nitro groups is 1. The Morgan fingerprint density at radius 2 is 2.00 bits per heavy atom. The van der Waals surface area contributed by atoms with Gasteiger partial charge in [-0.3, -0.25) is 10.1 Å². The Balaban J connectivity index is 2.61. The van der Waals surface area contributed by atoms with Gasteiger partial charge in [-0.1, -0.05) is 6.92 Å². The summed E-state index contributed by atoms with van der Waals surface area (Å²) in [6.07, 6.45) is 0.412. The predicted octanol–water partition coefficient (Wildman–Crippen LogP) is 3.32. The van der Waals surface area contributed by atoms with E-state index < -0.39 is 10.5 Å². The number of hydrogen-bond donors (Lipinski definition) is 0. The first-order valence-corrected chi connectivity index (χ1v) is 7.86. The van der Waals surface area contributed by atoms with E-state index in [1.165, 1.54) is 12.1 Å². The van der Waals surface area contributed by atoms with E-state index in [-0.39, 0.29) is 24.1 Å². The summed E-state index contributed by atoms with van der Waals surface area (Å²) in [5.74, 6) is 0.290. The van der Waals surface area contributed by atoms with Crippen molar-refractivity contribution in [2.24, 2.45) is 0 Å². The SMILES string of the molecule is CCCN(CCOc1ccc([N+](=O)[O-])c(C)n1)C(=O)OC(C)(C)C. The topological polar surface area (TPSA) is 94.8 Å². The molecule has 0 aliphatic heterocycles. The Morgan fingerprint density at radius 1 is 1.33 bits per heavy atom. The second-order valence-electron chi connectivity index (χ2n) is 6.33. The van der Waals surface area contributed by atoms with Crippen molar-refractivity contribution in [3.8, 4) is 5.88 Å². The normalized spacial score (nSPS) is 11.0. The molecule has 0 atom stereocenters. The number of pyridine rings is 1. The van der Waals surface area contributed by atoms with Crippen molar-refractivity contribution < 1.29 is 19.2 Å². The molecule has 0 aliphatic carbocycles. The molecule has 0 unspecified atom stereocenters. The van der Waals surface area contributed by atoms with Gasteiger partial charge in [0.05, 0.1) is 11.5 Å². The second kappa shape index (κ2) is 8.47. The molecular weight excluding hydrogens is 314 g/mol. The molecule has 1 heterocycles. The lowest BCUT2D eigenvalue weighted by Gasteiger charge is -2.27. The molecule has 0 bridgehead atoms. The molecule has 8 nitrogen and oxygen atoms in total. The van der Waals surface area contributed by atoms with Crippen molar-refractivity contribution in [1.82, 2.24) is 9.88 Å². The van der Waals surface area contributed by atoms with Crippen molar-refractivity contribution in [2.75, 3.05) is 19.7 Å². The quantitative estimate of drug-likeness (QED) is 0.558. The number of nitrogens with zero attached hydrogens (tertiary/aromatic N) is 3. The molecule has 0 saturated carbocycles. The molecule has 0 fully saturated rings. The van der Waals surface area contributed by atoms with Crippen molar-refractivity contribution in [3.05, 3.63) is 27.9 Å². The first-order chi connectivity index (χ1) is 11.1. The lowest BCUT2D eigenvalue weighted by atomic mass is 10.2. The standard InChI is InChI=1S/C16H25N3O5/c1-6-9-18(15(20)24-16(3,4)5)10-11-23-14-8-7-13(19(21)22)12(2)17-14/h7-8H,6,9-11H2,1-5H3. The maximum absolute atomic E-state index is 12.1. The van der Waals surface area contributed by atoms with E-state index in [1.807, 2.05) is 27.7 Å². The monoisotopic (exact) mass is 339 g/mol. The molecule has 0 N–H and O–H groups in total. The first-order valence-electron chi connectivity index (χ1n) is 7.86. The maximum atomic E-state index is 12.1. The van der Waals surface area contributed by atoms with Crippen LogP contribution in [0.3, 0.4) is 0 Å². The molecule has 1 aromatic heterocycles. The van der Waals surface area contributed by atoms with E-state index in [9.17, 15) is 14.9 Å². The molecule has 134 valence electrons. The predicted molar refractivity (Wildman–Crippen MR) is 89.2 cm³/mol. The highest BCUT2D eigenvalue weighted by Gasteiger charge is 2.21. The van der Waals surface area contributed by atoms with Crippen LogP contribution in [-0.4, -0.2) is 46.2 Å². The minimum absolute atomic E-state index is 0.0521. The number of rotatable bonds is 7. The van der Waals surface area contributed by atoms with Gasteiger partial charge >= 0.3 is 6.09 Å². The van der Waals surface area contributed by atoms with Crippen molar-refractivity contribution in [1.29, 1.82) is 0 Å². The third-order valence-corrected chi connectivity index (χ3v) is 2.99. The van der Waals surface area contributed by atoms with Gasteiger partial charge in [-0.15, -0.1) is 0 Å². The van der Waals surface area contributed by atoms with Crippen LogP contribution >= 0.6 is 0 Å². The van der Waals surface area contributed by atoms with Gasteiger partial charge in [-0.05, 0) is 34.1 Å². The minimum Gasteiger partial charge on any atom is -0.476 e. The Hall–Kier alpha value is -2.38. The fourth-order valence-electron chi connectivity index (χ4n) is 1.96. The summed E-state index contributed by atoms with van der Waals surface area (Å²) in [6, 6.07) is 2.80. The summed E-state index contributed by atoms with van der Waals surface area (Å²) in [6.45, 7) is 10.1. The smallest absolute Gasteiger partial charge is 0.410 e. The average molecular weight is 339 g/mol. The Labute approximate surface area is 141 Å². The highest BCUT2D eigenvalue weighted by Crippen LogP contribution is 2.19. The Morgan fingerprint density at radius 3 is 2.50 bits per heavy atom. The van der Waals surface area contributed by atoms with E-state index in [0.29, 0.717) is 19.0 Å². The van der Waals surface area contributed by atoms with Crippen molar-refractivity contribution >= 4 is 11.8 Å². The fourth-order valence-corrected chi connectivity index (χ4v) is 1.96. The van der Waals surface area contributed by atoms with E-state index in [2.05, 4.69) is 4.98 Å². The van der Waals surface area contributed by atoms with Gasteiger partial charge in [0.25, 0.3) is 5.69 Å².